The molecule has 0 radical (unpaired) electrons. The van der Waals surface area contributed by atoms with E-state index in [-0.39, 0.29) is 0 Å². The number of likely N-dealkylation sites (N-methyl/N-ethyl adjacent to an activating group) is 1. The molecule has 0 bridgehead atoms. The molecule has 1 heterocycles. The van der Waals surface area contributed by atoms with Crippen molar-refractivity contribution in [2.75, 3.05) is 20.1 Å². The SMILES string of the molecule is CNCCc1ccc(CN2CCCC2C2CCCC2)cc1. The monoisotopic (exact) mass is 286 g/mol. The third-order valence-corrected chi connectivity index (χ3v) is 5.43. The highest BCUT2D eigenvalue weighted by molar-refractivity contribution is 5.23. The minimum Gasteiger partial charge on any atom is -0.319 e. The first kappa shape index (κ1) is 15.1. The number of hydrogen-bond acceptors (Lipinski definition) is 2. The van der Waals surface area contributed by atoms with Crippen molar-refractivity contribution in [1.29, 1.82) is 0 Å². The van der Waals surface area contributed by atoms with Crippen molar-refractivity contribution in [3.63, 3.8) is 0 Å². The van der Waals surface area contributed by atoms with Crippen LogP contribution in [0, 0.1) is 5.92 Å². The first-order valence-corrected chi connectivity index (χ1v) is 8.83. The lowest BCUT2D eigenvalue weighted by atomic mass is 9.95. The molecule has 2 aliphatic rings. The van der Waals surface area contributed by atoms with Gasteiger partial charge in [-0.15, -0.1) is 0 Å². The second kappa shape index (κ2) is 7.42. The molecule has 1 aromatic carbocycles. The van der Waals surface area contributed by atoms with E-state index in [0.717, 1.165) is 31.5 Å². The van der Waals surface area contributed by atoms with E-state index in [4.69, 9.17) is 0 Å². The van der Waals surface area contributed by atoms with E-state index in [2.05, 4.69) is 34.5 Å². The Morgan fingerprint density at radius 2 is 1.71 bits per heavy atom. The smallest absolute Gasteiger partial charge is 0.0236 e. The fraction of sp³-hybridized carbons (Fsp3) is 0.684. The quantitative estimate of drug-likeness (QED) is 0.859. The van der Waals surface area contributed by atoms with Crippen molar-refractivity contribution >= 4 is 0 Å². The summed E-state index contributed by atoms with van der Waals surface area (Å²) in [7, 11) is 2.02. The molecule has 1 aliphatic heterocycles. The van der Waals surface area contributed by atoms with Gasteiger partial charge in [-0.2, -0.15) is 0 Å². The Balaban J connectivity index is 1.57. The Labute approximate surface area is 129 Å². The molecule has 1 saturated heterocycles. The lowest BCUT2D eigenvalue weighted by Gasteiger charge is -2.29. The first-order chi connectivity index (χ1) is 10.4. The van der Waals surface area contributed by atoms with Crippen molar-refractivity contribution in [3.05, 3.63) is 35.4 Å². The molecule has 1 saturated carbocycles. The van der Waals surface area contributed by atoms with Crippen LogP contribution in [0.4, 0.5) is 0 Å². The van der Waals surface area contributed by atoms with Crippen LogP contribution in [0.2, 0.25) is 0 Å². The molecule has 1 N–H and O–H groups in total. The van der Waals surface area contributed by atoms with Gasteiger partial charge in [0.15, 0.2) is 0 Å². The Kier molecular flexibility index (Phi) is 5.32. The molecule has 0 spiro atoms. The van der Waals surface area contributed by atoms with E-state index in [1.54, 1.807) is 0 Å². The Bertz CT molecular complexity index is 420. The van der Waals surface area contributed by atoms with Crippen LogP contribution >= 0.6 is 0 Å². The molecule has 116 valence electrons. The van der Waals surface area contributed by atoms with E-state index >= 15 is 0 Å². The van der Waals surface area contributed by atoms with Crippen molar-refractivity contribution in [2.24, 2.45) is 5.92 Å². The van der Waals surface area contributed by atoms with Gasteiger partial charge in [-0.05, 0) is 69.3 Å². The summed E-state index contributed by atoms with van der Waals surface area (Å²) < 4.78 is 0. The largest absolute Gasteiger partial charge is 0.319 e. The number of hydrogen-bond donors (Lipinski definition) is 1. The fourth-order valence-electron chi connectivity index (χ4n) is 4.24. The molecule has 0 amide bonds. The van der Waals surface area contributed by atoms with E-state index < -0.39 is 0 Å². The molecule has 1 atom stereocenters. The third-order valence-electron chi connectivity index (χ3n) is 5.43. The number of benzene rings is 1. The maximum Gasteiger partial charge on any atom is 0.0236 e. The molecular weight excluding hydrogens is 256 g/mol. The van der Waals surface area contributed by atoms with Crippen LogP contribution in [-0.4, -0.2) is 31.1 Å². The van der Waals surface area contributed by atoms with Crippen molar-refractivity contribution in [3.8, 4) is 0 Å². The summed E-state index contributed by atoms with van der Waals surface area (Å²) in [5.74, 6) is 0.988. The summed E-state index contributed by atoms with van der Waals surface area (Å²) in [5.41, 5.74) is 2.94. The van der Waals surface area contributed by atoms with Gasteiger partial charge in [0, 0.05) is 12.6 Å². The van der Waals surface area contributed by atoms with Crippen molar-refractivity contribution in [1.82, 2.24) is 10.2 Å². The van der Waals surface area contributed by atoms with Gasteiger partial charge in [0.2, 0.25) is 0 Å². The molecule has 0 aromatic heterocycles. The van der Waals surface area contributed by atoms with Gasteiger partial charge in [0.25, 0.3) is 0 Å². The second-order valence-corrected chi connectivity index (χ2v) is 6.89. The maximum absolute atomic E-state index is 3.22. The van der Waals surface area contributed by atoms with Crippen LogP contribution in [0.25, 0.3) is 0 Å². The van der Waals surface area contributed by atoms with Crippen molar-refractivity contribution in [2.45, 2.75) is 57.5 Å². The number of nitrogens with one attached hydrogen (secondary N) is 1. The zero-order valence-corrected chi connectivity index (χ0v) is 13.5. The van der Waals surface area contributed by atoms with E-state index in [1.807, 2.05) is 7.05 Å². The van der Waals surface area contributed by atoms with E-state index in [9.17, 15) is 0 Å². The van der Waals surface area contributed by atoms with Crippen LogP contribution in [0.15, 0.2) is 24.3 Å². The predicted octanol–water partition coefficient (Wildman–Crippen LogP) is 3.60. The molecule has 2 nitrogen and oxygen atoms in total. The summed E-state index contributed by atoms with van der Waals surface area (Å²) in [6.45, 7) is 3.53. The summed E-state index contributed by atoms with van der Waals surface area (Å²) in [5, 5.41) is 3.22. The molecule has 1 aromatic rings. The van der Waals surface area contributed by atoms with Gasteiger partial charge in [-0.3, -0.25) is 4.90 Å². The Morgan fingerprint density at radius 3 is 2.43 bits per heavy atom. The minimum atomic E-state index is 0.872. The summed E-state index contributed by atoms with van der Waals surface area (Å²) in [6.07, 6.45) is 9.86. The van der Waals surface area contributed by atoms with Gasteiger partial charge in [-0.1, -0.05) is 37.1 Å². The van der Waals surface area contributed by atoms with Crippen LogP contribution in [0.5, 0.6) is 0 Å². The third kappa shape index (κ3) is 3.87. The molecule has 2 heteroatoms. The lowest BCUT2D eigenvalue weighted by molar-refractivity contribution is 0.183. The second-order valence-electron chi connectivity index (χ2n) is 6.89. The molecule has 21 heavy (non-hydrogen) atoms. The number of likely N-dealkylation sites (tertiary alicyclic amines) is 1. The van der Waals surface area contributed by atoms with Gasteiger partial charge in [-0.25, -0.2) is 0 Å². The van der Waals surface area contributed by atoms with E-state index in [1.165, 1.54) is 56.2 Å². The highest BCUT2D eigenvalue weighted by atomic mass is 15.2. The normalized spacial score (nSPS) is 24.0. The molecule has 1 unspecified atom stereocenters. The van der Waals surface area contributed by atoms with Gasteiger partial charge < -0.3 is 5.32 Å². The number of rotatable bonds is 6. The highest BCUT2D eigenvalue weighted by Crippen LogP contribution is 2.36. The van der Waals surface area contributed by atoms with Crippen molar-refractivity contribution < 1.29 is 0 Å². The summed E-state index contributed by atoms with van der Waals surface area (Å²) >= 11 is 0. The fourth-order valence-corrected chi connectivity index (χ4v) is 4.24. The molecule has 2 fully saturated rings. The van der Waals surface area contributed by atoms with Crippen LogP contribution < -0.4 is 5.32 Å². The van der Waals surface area contributed by atoms with Gasteiger partial charge in [0.1, 0.15) is 0 Å². The summed E-state index contributed by atoms with van der Waals surface area (Å²) in [4.78, 5) is 2.76. The maximum atomic E-state index is 3.22. The van der Waals surface area contributed by atoms with Gasteiger partial charge in [0.05, 0.1) is 0 Å². The molecule has 1 aliphatic carbocycles. The average molecular weight is 286 g/mol. The Morgan fingerprint density at radius 1 is 1.00 bits per heavy atom. The molecular formula is C19H30N2. The van der Waals surface area contributed by atoms with Crippen LogP contribution in [0.3, 0.4) is 0 Å². The summed E-state index contributed by atoms with van der Waals surface area (Å²) in [6, 6.07) is 10.2. The topological polar surface area (TPSA) is 15.3 Å². The standard InChI is InChI=1S/C19H30N2/c1-20-13-12-16-8-10-17(11-9-16)15-21-14-4-7-19(21)18-5-2-3-6-18/h8-11,18-20H,2-7,12-15H2,1H3. The molecule has 3 rings (SSSR count). The Hall–Kier alpha value is -0.860. The predicted molar refractivity (Wildman–Crippen MR) is 89.5 cm³/mol. The number of nitrogens with zero attached hydrogens (tertiary/aromatic N) is 1. The van der Waals surface area contributed by atoms with Gasteiger partial charge >= 0.3 is 0 Å². The first-order valence-electron chi connectivity index (χ1n) is 8.83. The lowest BCUT2D eigenvalue weighted by Crippen LogP contribution is -2.34. The van der Waals surface area contributed by atoms with E-state index in [0.29, 0.717) is 0 Å². The zero-order chi connectivity index (χ0) is 14.5. The average Bonchev–Trinajstić information content (AvgIpc) is 3.17. The van der Waals surface area contributed by atoms with Crippen LogP contribution in [0.1, 0.15) is 49.7 Å². The highest BCUT2D eigenvalue weighted by Gasteiger charge is 2.32. The minimum absolute atomic E-state index is 0.872. The van der Waals surface area contributed by atoms with Crippen LogP contribution in [-0.2, 0) is 13.0 Å². The zero-order valence-electron chi connectivity index (χ0n) is 13.5.